The van der Waals surface area contributed by atoms with Crippen molar-refractivity contribution in [3.8, 4) is 0 Å². The van der Waals surface area contributed by atoms with Gasteiger partial charge in [-0.05, 0) is 6.07 Å². The van der Waals surface area contributed by atoms with Crippen molar-refractivity contribution in [1.82, 2.24) is 0 Å². The van der Waals surface area contributed by atoms with Crippen LogP contribution in [0.2, 0.25) is 0 Å². The number of alkyl halides is 3. The molecule has 2 N–H and O–H groups in total. The fourth-order valence-electron chi connectivity index (χ4n) is 1.19. The van der Waals surface area contributed by atoms with Crippen LogP contribution in [0.1, 0.15) is 18.0 Å². The molecule has 1 atom stereocenters. The molecule has 98 valence electrons. The zero-order chi connectivity index (χ0) is 12.5. The minimum atomic E-state index is -4.60. The molecular formula is C9H8ClF6N. The summed E-state index contributed by atoms with van der Waals surface area (Å²) in [5, 5.41) is 0. The number of hydrogen-bond acceptors (Lipinski definition) is 1. The molecule has 0 bridgehead atoms. The molecule has 0 aromatic heterocycles. The number of rotatable bonds is 2. The number of halogens is 7. The van der Waals surface area contributed by atoms with Crippen molar-refractivity contribution in [1.29, 1.82) is 0 Å². The van der Waals surface area contributed by atoms with Crippen molar-refractivity contribution in [2.75, 3.05) is 0 Å². The predicted molar refractivity (Wildman–Crippen MR) is 51.2 cm³/mol. The van der Waals surface area contributed by atoms with Crippen LogP contribution in [0.3, 0.4) is 0 Å². The summed E-state index contributed by atoms with van der Waals surface area (Å²) < 4.78 is 74.0. The Morgan fingerprint density at radius 2 is 1.59 bits per heavy atom. The molecule has 0 heterocycles. The minimum absolute atomic E-state index is 0. The molecule has 1 rings (SSSR count). The van der Waals surface area contributed by atoms with E-state index in [-0.39, 0.29) is 12.4 Å². The Bertz CT molecular complexity index is 392. The summed E-state index contributed by atoms with van der Waals surface area (Å²) >= 11 is 0. The first kappa shape index (κ1) is 16.1. The fraction of sp³-hybridized carbons (Fsp3) is 0.333. The molecule has 0 aliphatic carbocycles. The van der Waals surface area contributed by atoms with Gasteiger partial charge in [-0.3, -0.25) is 0 Å². The van der Waals surface area contributed by atoms with Gasteiger partial charge < -0.3 is 5.73 Å². The Kier molecular flexibility index (Phi) is 5.28. The molecular weight excluding hydrogens is 272 g/mol. The molecule has 8 heteroatoms. The second-order valence-corrected chi connectivity index (χ2v) is 3.19. The van der Waals surface area contributed by atoms with Crippen molar-refractivity contribution in [2.24, 2.45) is 5.73 Å². The maximum Gasteiger partial charge on any atom is 0.390 e. The van der Waals surface area contributed by atoms with E-state index in [1.165, 1.54) is 0 Å². The quantitative estimate of drug-likeness (QED) is 0.651. The maximum atomic E-state index is 13.0. The van der Waals surface area contributed by atoms with Gasteiger partial charge in [0.15, 0.2) is 17.5 Å². The third-order valence-electron chi connectivity index (χ3n) is 1.92. The lowest BCUT2D eigenvalue weighted by Gasteiger charge is -2.15. The Labute approximate surface area is 99.0 Å². The summed E-state index contributed by atoms with van der Waals surface area (Å²) in [6.07, 6.45) is -6.11. The van der Waals surface area contributed by atoms with E-state index in [2.05, 4.69) is 0 Å². The fourth-order valence-corrected chi connectivity index (χ4v) is 1.19. The highest BCUT2D eigenvalue weighted by atomic mass is 35.5. The Balaban J connectivity index is 0.00000256. The smallest absolute Gasteiger partial charge is 0.324 e. The lowest BCUT2D eigenvalue weighted by atomic mass is 10.0. The average molecular weight is 280 g/mol. The van der Waals surface area contributed by atoms with Crippen LogP contribution in [0.15, 0.2) is 12.1 Å². The summed E-state index contributed by atoms with van der Waals surface area (Å²) in [7, 11) is 0. The molecule has 0 saturated heterocycles. The van der Waals surface area contributed by atoms with Crippen molar-refractivity contribution in [3.63, 3.8) is 0 Å². The molecule has 0 aliphatic heterocycles. The van der Waals surface area contributed by atoms with E-state index >= 15 is 0 Å². The van der Waals surface area contributed by atoms with Gasteiger partial charge in [0.05, 0.1) is 6.42 Å². The molecule has 1 aromatic carbocycles. The van der Waals surface area contributed by atoms with E-state index in [1.54, 1.807) is 0 Å². The van der Waals surface area contributed by atoms with E-state index < -0.39 is 41.7 Å². The molecule has 0 spiro atoms. The summed E-state index contributed by atoms with van der Waals surface area (Å²) in [6, 6.07) is -0.524. The normalized spacial score (nSPS) is 13.1. The van der Waals surface area contributed by atoms with Crippen molar-refractivity contribution >= 4 is 12.4 Å². The van der Waals surface area contributed by atoms with E-state index in [1.807, 2.05) is 0 Å². The van der Waals surface area contributed by atoms with Gasteiger partial charge >= 0.3 is 6.18 Å². The first-order valence-electron chi connectivity index (χ1n) is 4.18. The highest BCUT2D eigenvalue weighted by Gasteiger charge is 2.32. The molecule has 1 aromatic rings. The first-order chi connectivity index (χ1) is 7.22. The number of nitrogens with two attached hydrogens (primary N) is 1. The highest BCUT2D eigenvalue weighted by Crippen LogP contribution is 2.30. The number of hydrogen-bond donors (Lipinski definition) is 1. The van der Waals surface area contributed by atoms with E-state index in [0.29, 0.717) is 12.1 Å². The van der Waals surface area contributed by atoms with Crippen molar-refractivity contribution in [3.05, 3.63) is 35.1 Å². The third-order valence-corrected chi connectivity index (χ3v) is 1.92. The Morgan fingerprint density at radius 3 is 2.06 bits per heavy atom. The lowest BCUT2D eigenvalue weighted by molar-refractivity contribution is -0.138. The molecule has 0 amide bonds. The van der Waals surface area contributed by atoms with Gasteiger partial charge in [0, 0.05) is 11.6 Å². The van der Waals surface area contributed by atoms with Gasteiger partial charge in [-0.15, -0.1) is 12.4 Å². The summed E-state index contributed by atoms with van der Waals surface area (Å²) in [5.41, 5.74) is 4.35. The largest absolute Gasteiger partial charge is 0.390 e. The Morgan fingerprint density at radius 1 is 1.06 bits per heavy atom. The van der Waals surface area contributed by atoms with Crippen LogP contribution in [0.4, 0.5) is 26.3 Å². The average Bonchev–Trinajstić information content (AvgIpc) is 2.11. The van der Waals surface area contributed by atoms with Crippen LogP contribution >= 0.6 is 12.4 Å². The first-order valence-corrected chi connectivity index (χ1v) is 4.18. The van der Waals surface area contributed by atoms with Crippen LogP contribution < -0.4 is 5.73 Å². The standard InChI is InChI=1S/C9H7F6N.ClH/c10-5-2-1-4(7(11)8(5)12)6(16)3-9(13,14)15;/h1-2,6H,3,16H2;1H/t6-;/m1./s1. The van der Waals surface area contributed by atoms with Gasteiger partial charge in [-0.25, -0.2) is 13.2 Å². The second kappa shape index (κ2) is 5.59. The maximum absolute atomic E-state index is 13.0. The minimum Gasteiger partial charge on any atom is -0.324 e. The topological polar surface area (TPSA) is 26.0 Å². The highest BCUT2D eigenvalue weighted by molar-refractivity contribution is 5.85. The molecule has 0 unspecified atom stereocenters. The summed E-state index contributed by atoms with van der Waals surface area (Å²) in [6.45, 7) is 0. The van der Waals surface area contributed by atoms with Crippen LogP contribution in [0, 0.1) is 17.5 Å². The zero-order valence-electron chi connectivity index (χ0n) is 8.19. The van der Waals surface area contributed by atoms with Gasteiger partial charge in [0.1, 0.15) is 0 Å². The molecule has 0 fully saturated rings. The monoisotopic (exact) mass is 279 g/mol. The van der Waals surface area contributed by atoms with Crippen LogP contribution in [-0.2, 0) is 0 Å². The molecule has 1 nitrogen and oxygen atoms in total. The molecule has 0 radical (unpaired) electrons. The predicted octanol–water partition coefficient (Wildman–Crippen LogP) is 3.48. The third kappa shape index (κ3) is 4.08. The van der Waals surface area contributed by atoms with E-state index in [4.69, 9.17) is 5.73 Å². The number of benzene rings is 1. The van der Waals surface area contributed by atoms with Gasteiger partial charge in [0.25, 0.3) is 0 Å². The summed E-state index contributed by atoms with van der Waals surface area (Å²) in [5.74, 6) is -4.98. The van der Waals surface area contributed by atoms with Gasteiger partial charge in [-0.2, -0.15) is 13.2 Å². The summed E-state index contributed by atoms with van der Waals surface area (Å²) in [4.78, 5) is 0. The second-order valence-electron chi connectivity index (χ2n) is 3.19. The zero-order valence-corrected chi connectivity index (χ0v) is 9.01. The van der Waals surface area contributed by atoms with Crippen LogP contribution in [-0.4, -0.2) is 6.18 Å². The molecule has 0 aliphatic rings. The van der Waals surface area contributed by atoms with Crippen molar-refractivity contribution in [2.45, 2.75) is 18.6 Å². The van der Waals surface area contributed by atoms with Gasteiger partial charge in [-0.1, -0.05) is 6.07 Å². The lowest BCUT2D eigenvalue weighted by Crippen LogP contribution is -2.21. The van der Waals surface area contributed by atoms with E-state index in [9.17, 15) is 26.3 Å². The van der Waals surface area contributed by atoms with Crippen molar-refractivity contribution < 1.29 is 26.3 Å². The van der Waals surface area contributed by atoms with Crippen LogP contribution in [0.25, 0.3) is 0 Å². The molecule has 0 saturated carbocycles. The SMILES string of the molecule is Cl.N[C@H](CC(F)(F)F)c1ccc(F)c(F)c1F. The Hall–Kier alpha value is -0.950. The van der Waals surface area contributed by atoms with E-state index in [0.717, 1.165) is 0 Å². The molecule has 17 heavy (non-hydrogen) atoms. The van der Waals surface area contributed by atoms with Crippen LogP contribution in [0.5, 0.6) is 0 Å². The van der Waals surface area contributed by atoms with Gasteiger partial charge in [0.2, 0.25) is 0 Å².